The van der Waals surface area contributed by atoms with Crippen LogP contribution < -0.4 is 0 Å². The molecule has 1 aromatic carbocycles. The minimum atomic E-state index is 0.181. The van der Waals surface area contributed by atoms with Crippen LogP contribution in [-0.4, -0.2) is 21.1 Å². The van der Waals surface area contributed by atoms with Crippen molar-refractivity contribution in [3.8, 4) is 0 Å². The molecule has 18 heavy (non-hydrogen) atoms. The third kappa shape index (κ3) is 2.83. The van der Waals surface area contributed by atoms with E-state index in [0.29, 0.717) is 0 Å². The highest BCUT2D eigenvalue weighted by Gasteiger charge is 2.12. The van der Waals surface area contributed by atoms with Crippen LogP contribution in [0.4, 0.5) is 0 Å². The number of aromatic nitrogens is 3. The van der Waals surface area contributed by atoms with Gasteiger partial charge in [-0.05, 0) is 23.5 Å². The second-order valence-electron chi connectivity index (χ2n) is 5.34. The first-order valence-corrected chi connectivity index (χ1v) is 5.98. The van der Waals surface area contributed by atoms with Crippen molar-refractivity contribution in [1.82, 2.24) is 14.9 Å². The summed E-state index contributed by atoms with van der Waals surface area (Å²) in [6.45, 7) is 8.48. The van der Waals surface area contributed by atoms with Crippen LogP contribution >= 0.6 is 0 Å². The zero-order valence-electron chi connectivity index (χ0n) is 11.3. The summed E-state index contributed by atoms with van der Waals surface area (Å²) in [5.41, 5.74) is 2.57. The van der Waals surface area contributed by atoms with Gasteiger partial charge in [-0.1, -0.05) is 45.0 Å². The maximum absolute atomic E-state index is 4.29. The Hall–Kier alpha value is -1.97. The number of hydrogen-bond acceptors (Lipinski definition) is 3. The van der Waals surface area contributed by atoms with Crippen molar-refractivity contribution in [2.45, 2.75) is 33.1 Å². The predicted octanol–water partition coefficient (Wildman–Crippen LogP) is 2.77. The highest BCUT2D eigenvalue weighted by molar-refractivity contribution is 5.79. The Morgan fingerprint density at radius 2 is 1.83 bits per heavy atom. The minimum Gasteiger partial charge on any atom is -0.205 e. The van der Waals surface area contributed by atoms with Gasteiger partial charge >= 0.3 is 0 Å². The Bertz CT molecular complexity index is 544. The number of aryl methyl sites for hydroxylation is 1. The molecule has 0 amide bonds. The van der Waals surface area contributed by atoms with Gasteiger partial charge < -0.3 is 0 Å². The molecule has 1 heterocycles. The van der Waals surface area contributed by atoms with Gasteiger partial charge in [-0.25, -0.2) is 4.68 Å². The van der Waals surface area contributed by atoms with Crippen LogP contribution in [0.1, 0.15) is 37.7 Å². The van der Waals surface area contributed by atoms with Crippen LogP contribution in [0.2, 0.25) is 0 Å². The van der Waals surface area contributed by atoms with Crippen LogP contribution in [0, 0.1) is 6.92 Å². The summed E-state index contributed by atoms with van der Waals surface area (Å²) in [4.78, 5) is 0. The topological polar surface area (TPSA) is 43.1 Å². The standard InChI is InChI=1S/C14H18N4/c1-11-17-15-10-18(11)16-9-12-5-7-13(8-6-12)14(2,3)4/h5-10H,1-4H3. The SMILES string of the molecule is Cc1nncn1N=Cc1ccc(C(C)(C)C)cc1. The second kappa shape index (κ2) is 4.72. The first kappa shape index (κ1) is 12.5. The van der Waals surface area contributed by atoms with Gasteiger partial charge in [0.1, 0.15) is 6.33 Å². The molecule has 0 aliphatic heterocycles. The van der Waals surface area contributed by atoms with E-state index < -0.39 is 0 Å². The van der Waals surface area contributed by atoms with E-state index in [1.165, 1.54) is 5.56 Å². The molecule has 1 aromatic heterocycles. The molecule has 4 heteroatoms. The fourth-order valence-corrected chi connectivity index (χ4v) is 1.60. The van der Waals surface area contributed by atoms with Gasteiger partial charge in [-0.3, -0.25) is 0 Å². The summed E-state index contributed by atoms with van der Waals surface area (Å²) in [6, 6.07) is 8.42. The molecule has 94 valence electrons. The van der Waals surface area contributed by atoms with E-state index >= 15 is 0 Å². The third-order valence-electron chi connectivity index (χ3n) is 2.80. The summed E-state index contributed by atoms with van der Waals surface area (Å²) < 4.78 is 1.65. The molecule has 0 bridgehead atoms. The van der Waals surface area contributed by atoms with E-state index in [-0.39, 0.29) is 5.41 Å². The van der Waals surface area contributed by atoms with Crippen molar-refractivity contribution in [3.63, 3.8) is 0 Å². The zero-order valence-corrected chi connectivity index (χ0v) is 11.3. The van der Waals surface area contributed by atoms with Crippen LogP contribution in [-0.2, 0) is 5.41 Å². The van der Waals surface area contributed by atoms with Crippen molar-refractivity contribution in [2.24, 2.45) is 5.10 Å². The highest BCUT2D eigenvalue weighted by atomic mass is 15.4. The molecule has 0 radical (unpaired) electrons. The first-order chi connectivity index (χ1) is 8.47. The highest BCUT2D eigenvalue weighted by Crippen LogP contribution is 2.21. The van der Waals surface area contributed by atoms with E-state index in [0.717, 1.165) is 11.4 Å². The summed E-state index contributed by atoms with van der Waals surface area (Å²) in [5, 5.41) is 11.9. The van der Waals surface area contributed by atoms with E-state index in [4.69, 9.17) is 0 Å². The van der Waals surface area contributed by atoms with Crippen molar-refractivity contribution < 1.29 is 0 Å². The van der Waals surface area contributed by atoms with Gasteiger partial charge in [0.15, 0.2) is 5.82 Å². The molecule has 0 spiro atoms. The van der Waals surface area contributed by atoms with Gasteiger partial charge in [-0.15, -0.1) is 10.2 Å². The number of rotatable bonds is 2. The predicted molar refractivity (Wildman–Crippen MR) is 72.9 cm³/mol. The maximum atomic E-state index is 4.29. The monoisotopic (exact) mass is 242 g/mol. The first-order valence-electron chi connectivity index (χ1n) is 5.98. The Morgan fingerprint density at radius 1 is 1.17 bits per heavy atom. The summed E-state index contributed by atoms with van der Waals surface area (Å²) in [5.74, 6) is 0.776. The van der Waals surface area contributed by atoms with E-state index in [1.54, 1.807) is 11.0 Å². The molecule has 2 aromatic rings. The quantitative estimate of drug-likeness (QED) is 0.760. The Kier molecular flexibility index (Phi) is 3.28. The third-order valence-corrected chi connectivity index (χ3v) is 2.80. The molecular formula is C14H18N4. The lowest BCUT2D eigenvalue weighted by atomic mass is 9.87. The average Bonchev–Trinajstić information content (AvgIpc) is 2.72. The summed E-state index contributed by atoms with van der Waals surface area (Å²) >= 11 is 0. The second-order valence-corrected chi connectivity index (χ2v) is 5.34. The van der Waals surface area contributed by atoms with Gasteiger partial charge in [0.05, 0.1) is 6.21 Å². The number of hydrogen-bond donors (Lipinski definition) is 0. The van der Waals surface area contributed by atoms with Gasteiger partial charge in [0.25, 0.3) is 0 Å². The molecule has 2 rings (SSSR count). The Balaban J connectivity index is 2.16. The lowest BCUT2D eigenvalue weighted by Gasteiger charge is -2.18. The molecule has 0 N–H and O–H groups in total. The van der Waals surface area contributed by atoms with Crippen molar-refractivity contribution in [2.75, 3.05) is 0 Å². The maximum Gasteiger partial charge on any atom is 0.151 e. The van der Waals surface area contributed by atoms with Crippen LogP contribution in [0.5, 0.6) is 0 Å². The molecule has 4 nitrogen and oxygen atoms in total. The Labute approximate surface area is 107 Å². The lowest BCUT2D eigenvalue weighted by Crippen LogP contribution is -2.10. The average molecular weight is 242 g/mol. The summed E-state index contributed by atoms with van der Waals surface area (Å²) in [7, 11) is 0. The zero-order chi connectivity index (χ0) is 13.2. The summed E-state index contributed by atoms with van der Waals surface area (Å²) in [6.07, 6.45) is 3.40. The van der Waals surface area contributed by atoms with E-state index in [1.807, 2.05) is 13.1 Å². The largest absolute Gasteiger partial charge is 0.205 e. The smallest absolute Gasteiger partial charge is 0.151 e. The van der Waals surface area contributed by atoms with Crippen molar-refractivity contribution in [1.29, 1.82) is 0 Å². The van der Waals surface area contributed by atoms with Gasteiger partial charge in [-0.2, -0.15) is 5.10 Å². The minimum absolute atomic E-state index is 0.181. The normalized spacial score (nSPS) is 12.2. The van der Waals surface area contributed by atoms with Crippen LogP contribution in [0.3, 0.4) is 0 Å². The van der Waals surface area contributed by atoms with E-state index in [9.17, 15) is 0 Å². The van der Waals surface area contributed by atoms with Crippen molar-refractivity contribution in [3.05, 3.63) is 47.5 Å². The molecular weight excluding hydrogens is 224 g/mol. The molecule has 0 atom stereocenters. The molecule has 0 unspecified atom stereocenters. The molecule has 0 aliphatic rings. The van der Waals surface area contributed by atoms with Crippen LogP contribution in [0.15, 0.2) is 35.7 Å². The molecule has 0 fully saturated rings. The fourth-order valence-electron chi connectivity index (χ4n) is 1.60. The van der Waals surface area contributed by atoms with Crippen LogP contribution in [0.25, 0.3) is 0 Å². The lowest BCUT2D eigenvalue weighted by molar-refractivity contribution is 0.590. The van der Waals surface area contributed by atoms with Crippen molar-refractivity contribution >= 4 is 6.21 Å². The van der Waals surface area contributed by atoms with Gasteiger partial charge in [0, 0.05) is 0 Å². The number of nitrogens with zero attached hydrogens (tertiary/aromatic N) is 4. The fraction of sp³-hybridized carbons (Fsp3) is 0.357. The van der Waals surface area contributed by atoms with Gasteiger partial charge in [0.2, 0.25) is 0 Å². The molecule has 0 saturated carbocycles. The molecule has 0 aliphatic carbocycles. The van der Waals surface area contributed by atoms with E-state index in [2.05, 4.69) is 60.3 Å². The Morgan fingerprint density at radius 3 is 2.33 bits per heavy atom. The number of benzene rings is 1. The molecule has 0 saturated heterocycles.